The number of amides is 1. The van der Waals surface area contributed by atoms with Crippen molar-refractivity contribution in [1.29, 1.82) is 0 Å². The molecule has 0 spiro atoms. The predicted molar refractivity (Wildman–Crippen MR) is 74.9 cm³/mol. The van der Waals surface area contributed by atoms with E-state index in [4.69, 9.17) is 4.74 Å². The molecule has 104 valence electrons. The lowest BCUT2D eigenvalue weighted by molar-refractivity contribution is -0.137. The molecule has 1 atom stereocenters. The quantitative estimate of drug-likeness (QED) is 0.828. The summed E-state index contributed by atoms with van der Waals surface area (Å²) in [5.74, 6) is 3.53. The maximum Gasteiger partial charge on any atom is 0.239 e. The van der Waals surface area contributed by atoms with Gasteiger partial charge in [0.1, 0.15) is 0 Å². The van der Waals surface area contributed by atoms with Gasteiger partial charge in [-0.1, -0.05) is 0 Å². The van der Waals surface area contributed by atoms with E-state index in [2.05, 4.69) is 5.32 Å². The van der Waals surface area contributed by atoms with Crippen LogP contribution in [0.4, 0.5) is 0 Å². The number of hydrogen-bond acceptors (Lipinski definition) is 4. The van der Waals surface area contributed by atoms with E-state index in [9.17, 15) is 4.79 Å². The summed E-state index contributed by atoms with van der Waals surface area (Å²) in [7, 11) is 0. The summed E-state index contributed by atoms with van der Waals surface area (Å²) in [5, 5.41) is 3.41. The molecule has 4 nitrogen and oxygen atoms in total. The van der Waals surface area contributed by atoms with Gasteiger partial charge in [0.25, 0.3) is 0 Å². The van der Waals surface area contributed by atoms with Crippen molar-refractivity contribution >= 4 is 17.7 Å². The maximum atomic E-state index is 12.2. The van der Waals surface area contributed by atoms with Crippen molar-refractivity contribution in [1.82, 2.24) is 10.2 Å². The minimum atomic E-state index is -0.0577. The van der Waals surface area contributed by atoms with Crippen LogP contribution in [0.2, 0.25) is 0 Å². The Hall–Kier alpha value is -0.260. The Morgan fingerprint density at radius 3 is 2.72 bits per heavy atom. The molecule has 0 radical (unpaired) electrons. The third kappa shape index (κ3) is 4.14. The third-order valence-electron chi connectivity index (χ3n) is 3.75. The molecule has 0 aromatic carbocycles. The first-order valence-electron chi connectivity index (χ1n) is 6.95. The number of nitrogens with zero attached hydrogens (tertiary/aromatic N) is 1. The number of thioether (sulfide) groups is 1. The molecule has 0 aromatic heterocycles. The molecule has 0 aromatic rings. The average molecular weight is 272 g/mol. The van der Waals surface area contributed by atoms with Crippen LogP contribution in [0.15, 0.2) is 0 Å². The molecule has 2 heterocycles. The van der Waals surface area contributed by atoms with Crippen LogP contribution in [0.25, 0.3) is 0 Å². The van der Waals surface area contributed by atoms with Crippen LogP contribution >= 0.6 is 11.8 Å². The lowest BCUT2D eigenvalue weighted by Gasteiger charge is -2.30. The monoisotopic (exact) mass is 272 g/mol. The fraction of sp³-hybridized carbons (Fsp3) is 0.923. The Morgan fingerprint density at radius 1 is 1.39 bits per heavy atom. The highest BCUT2D eigenvalue weighted by molar-refractivity contribution is 7.99. The van der Waals surface area contributed by atoms with Gasteiger partial charge in [-0.25, -0.2) is 0 Å². The van der Waals surface area contributed by atoms with Crippen LogP contribution in [0.1, 0.15) is 19.8 Å². The number of nitrogens with one attached hydrogen (secondary N) is 1. The lowest BCUT2D eigenvalue weighted by Crippen LogP contribution is -2.50. The van der Waals surface area contributed by atoms with Gasteiger partial charge in [0.05, 0.1) is 19.3 Å². The number of carbonyl (C=O) groups excluding carboxylic acids is 1. The molecule has 5 heteroatoms. The molecule has 2 saturated heterocycles. The first-order chi connectivity index (χ1) is 8.77. The second kappa shape index (κ2) is 7.36. The molecule has 2 fully saturated rings. The summed E-state index contributed by atoms with van der Waals surface area (Å²) in [6.07, 6.45) is 2.58. The first kappa shape index (κ1) is 14.2. The van der Waals surface area contributed by atoms with Gasteiger partial charge in [-0.3, -0.25) is 4.79 Å². The van der Waals surface area contributed by atoms with E-state index in [0.717, 1.165) is 25.6 Å². The van der Waals surface area contributed by atoms with E-state index in [1.165, 1.54) is 24.3 Å². The minimum Gasteiger partial charge on any atom is -0.378 e. The molecule has 18 heavy (non-hydrogen) atoms. The summed E-state index contributed by atoms with van der Waals surface area (Å²) in [6.45, 7) is 5.81. The highest BCUT2D eigenvalue weighted by Gasteiger charge is 2.23. The van der Waals surface area contributed by atoms with E-state index in [1.807, 2.05) is 23.6 Å². The summed E-state index contributed by atoms with van der Waals surface area (Å²) in [6, 6.07) is -0.0577. The highest BCUT2D eigenvalue weighted by Crippen LogP contribution is 2.21. The van der Waals surface area contributed by atoms with Crippen LogP contribution in [-0.2, 0) is 9.53 Å². The molecular weight excluding hydrogens is 248 g/mol. The van der Waals surface area contributed by atoms with E-state index in [-0.39, 0.29) is 11.9 Å². The molecule has 2 aliphatic heterocycles. The van der Waals surface area contributed by atoms with Crippen LogP contribution < -0.4 is 5.32 Å². The van der Waals surface area contributed by atoms with Crippen molar-refractivity contribution in [3.05, 3.63) is 0 Å². The van der Waals surface area contributed by atoms with E-state index >= 15 is 0 Å². The topological polar surface area (TPSA) is 41.6 Å². The van der Waals surface area contributed by atoms with Gasteiger partial charge in [-0.05, 0) is 43.7 Å². The second-order valence-electron chi connectivity index (χ2n) is 5.12. The fourth-order valence-corrected chi connectivity index (χ4v) is 3.64. The predicted octanol–water partition coefficient (Wildman–Crippen LogP) is 0.967. The zero-order valence-electron chi connectivity index (χ0n) is 11.2. The lowest BCUT2D eigenvalue weighted by atomic mass is 10.0. The van der Waals surface area contributed by atoms with Gasteiger partial charge < -0.3 is 15.0 Å². The molecule has 1 amide bonds. The Balaban J connectivity index is 1.69. The number of rotatable bonds is 4. The smallest absolute Gasteiger partial charge is 0.239 e. The summed E-state index contributed by atoms with van der Waals surface area (Å²) < 4.78 is 5.27. The SMILES string of the molecule is CC(NCC1CCSCC1)C(=O)N1CCOCC1. The van der Waals surface area contributed by atoms with Gasteiger partial charge in [0, 0.05) is 13.1 Å². The van der Waals surface area contributed by atoms with Crippen LogP contribution in [-0.4, -0.2) is 61.2 Å². The summed E-state index contributed by atoms with van der Waals surface area (Å²) in [5.41, 5.74) is 0. The normalized spacial score (nSPS) is 23.9. The molecule has 0 bridgehead atoms. The summed E-state index contributed by atoms with van der Waals surface area (Å²) >= 11 is 2.05. The maximum absolute atomic E-state index is 12.2. The van der Waals surface area contributed by atoms with Crippen molar-refractivity contribution in [2.24, 2.45) is 5.92 Å². The van der Waals surface area contributed by atoms with Crippen molar-refractivity contribution in [2.75, 3.05) is 44.4 Å². The Kier molecular flexibility index (Phi) is 5.79. The van der Waals surface area contributed by atoms with Crippen molar-refractivity contribution in [2.45, 2.75) is 25.8 Å². The third-order valence-corrected chi connectivity index (χ3v) is 4.80. The van der Waals surface area contributed by atoms with E-state index in [0.29, 0.717) is 13.2 Å². The van der Waals surface area contributed by atoms with Gasteiger partial charge in [-0.15, -0.1) is 0 Å². The van der Waals surface area contributed by atoms with E-state index in [1.54, 1.807) is 0 Å². The number of morpholine rings is 1. The molecule has 2 rings (SSSR count). The molecule has 1 unspecified atom stereocenters. The average Bonchev–Trinajstić information content (AvgIpc) is 2.46. The van der Waals surface area contributed by atoms with Crippen LogP contribution in [0.3, 0.4) is 0 Å². The summed E-state index contributed by atoms with van der Waals surface area (Å²) in [4.78, 5) is 14.1. The Bertz CT molecular complexity index is 264. The van der Waals surface area contributed by atoms with Gasteiger partial charge >= 0.3 is 0 Å². The Morgan fingerprint density at radius 2 is 2.06 bits per heavy atom. The zero-order valence-corrected chi connectivity index (χ0v) is 12.0. The van der Waals surface area contributed by atoms with Crippen molar-refractivity contribution in [3.63, 3.8) is 0 Å². The molecule has 2 aliphatic rings. The van der Waals surface area contributed by atoms with E-state index < -0.39 is 0 Å². The standard InChI is InChI=1S/C13H24N2O2S/c1-11(13(16)15-4-6-17-7-5-15)14-10-12-2-8-18-9-3-12/h11-12,14H,2-10H2,1H3. The van der Waals surface area contributed by atoms with Gasteiger partial charge in [0.2, 0.25) is 5.91 Å². The largest absolute Gasteiger partial charge is 0.378 e. The minimum absolute atomic E-state index is 0.0577. The van der Waals surface area contributed by atoms with Crippen LogP contribution in [0.5, 0.6) is 0 Å². The fourth-order valence-electron chi connectivity index (χ4n) is 2.44. The molecule has 0 aliphatic carbocycles. The first-order valence-corrected chi connectivity index (χ1v) is 8.10. The van der Waals surface area contributed by atoms with Gasteiger partial charge in [-0.2, -0.15) is 11.8 Å². The highest BCUT2D eigenvalue weighted by atomic mass is 32.2. The second-order valence-corrected chi connectivity index (χ2v) is 6.35. The number of carbonyl (C=O) groups is 1. The number of ether oxygens (including phenoxy) is 1. The molecule has 0 saturated carbocycles. The van der Waals surface area contributed by atoms with Crippen molar-refractivity contribution in [3.8, 4) is 0 Å². The Labute approximate surface area is 114 Å². The van der Waals surface area contributed by atoms with Crippen LogP contribution in [0, 0.1) is 5.92 Å². The van der Waals surface area contributed by atoms with Gasteiger partial charge in [0.15, 0.2) is 0 Å². The molecule has 1 N–H and O–H groups in total. The number of hydrogen-bond donors (Lipinski definition) is 1. The van der Waals surface area contributed by atoms with Crippen molar-refractivity contribution < 1.29 is 9.53 Å². The molecular formula is C13H24N2O2S. The zero-order chi connectivity index (χ0) is 12.8.